The summed E-state index contributed by atoms with van der Waals surface area (Å²) in [6.07, 6.45) is -0.103. The maximum absolute atomic E-state index is 12.2. The molecular weight excluding hydrogens is 448 g/mol. The highest BCUT2D eigenvalue weighted by atomic mass is 35.5. The number of anilines is 1. The number of halogens is 1. The average molecular weight is 465 g/mol. The van der Waals surface area contributed by atoms with Crippen LogP contribution in [0.4, 0.5) is 5.13 Å². The summed E-state index contributed by atoms with van der Waals surface area (Å²) in [5.74, 6) is -0.695. The van der Waals surface area contributed by atoms with Crippen molar-refractivity contribution in [3.8, 4) is 0 Å². The summed E-state index contributed by atoms with van der Waals surface area (Å²) in [6, 6.07) is 6.02. The van der Waals surface area contributed by atoms with Crippen LogP contribution in [0.25, 0.3) is 0 Å². The minimum Gasteiger partial charge on any atom is -0.465 e. The molecule has 0 saturated carbocycles. The molecular formula is C15H17ClN4O5S3. The van der Waals surface area contributed by atoms with Gasteiger partial charge in [-0.1, -0.05) is 46.8 Å². The summed E-state index contributed by atoms with van der Waals surface area (Å²) in [5, 5.41) is 10.5. The van der Waals surface area contributed by atoms with Crippen molar-refractivity contribution in [3.63, 3.8) is 0 Å². The number of nitrogens with zero attached hydrogens (tertiary/aromatic N) is 2. The lowest BCUT2D eigenvalue weighted by molar-refractivity contribution is -0.139. The molecule has 152 valence electrons. The molecule has 2 aromatic rings. The zero-order valence-corrected chi connectivity index (χ0v) is 17.9. The Morgan fingerprint density at radius 3 is 2.75 bits per heavy atom. The van der Waals surface area contributed by atoms with Crippen LogP contribution in [0.1, 0.15) is 13.3 Å². The number of esters is 1. The van der Waals surface area contributed by atoms with E-state index in [0.717, 1.165) is 23.1 Å². The van der Waals surface area contributed by atoms with Crippen molar-refractivity contribution in [1.29, 1.82) is 0 Å². The molecule has 0 bridgehead atoms. The van der Waals surface area contributed by atoms with Gasteiger partial charge in [-0.15, -0.1) is 10.2 Å². The van der Waals surface area contributed by atoms with Crippen LogP contribution in [-0.2, 0) is 24.3 Å². The number of benzene rings is 1. The van der Waals surface area contributed by atoms with E-state index in [1.807, 2.05) is 0 Å². The number of hydrogen-bond acceptors (Lipinski definition) is 9. The normalized spacial score (nSPS) is 11.2. The van der Waals surface area contributed by atoms with E-state index in [4.69, 9.17) is 16.3 Å². The minimum atomic E-state index is -3.81. The Balaban J connectivity index is 1.79. The third-order valence-corrected chi connectivity index (χ3v) is 6.95. The third kappa shape index (κ3) is 7.02. The van der Waals surface area contributed by atoms with Crippen LogP contribution < -0.4 is 10.0 Å². The topological polar surface area (TPSA) is 127 Å². The van der Waals surface area contributed by atoms with Gasteiger partial charge in [-0.2, -0.15) is 0 Å². The van der Waals surface area contributed by atoms with Gasteiger partial charge in [-0.3, -0.25) is 9.59 Å². The SMILES string of the molecule is CCOC(=O)CSc1nnc(NC(=O)CCNS(=O)(=O)c2ccccc2Cl)s1. The van der Waals surface area contributed by atoms with Crippen molar-refractivity contribution in [1.82, 2.24) is 14.9 Å². The molecule has 1 aromatic heterocycles. The number of aromatic nitrogens is 2. The fourth-order valence-corrected chi connectivity index (χ4v) is 4.98. The van der Waals surface area contributed by atoms with E-state index in [-0.39, 0.29) is 39.7 Å². The van der Waals surface area contributed by atoms with Gasteiger partial charge in [0, 0.05) is 13.0 Å². The molecule has 13 heteroatoms. The first kappa shape index (κ1) is 22.6. The lowest BCUT2D eigenvalue weighted by Gasteiger charge is -2.07. The number of sulfonamides is 1. The number of nitrogens with one attached hydrogen (secondary N) is 2. The molecule has 1 amide bonds. The molecule has 9 nitrogen and oxygen atoms in total. The summed E-state index contributed by atoms with van der Waals surface area (Å²) >= 11 is 8.13. The number of carbonyl (C=O) groups is 2. The smallest absolute Gasteiger partial charge is 0.316 e. The Morgan fingerprint density at radius 2 is 2.04 bits per heavy atom. The Hall–Kier alpha value is -1.73. The molecule has 1 aromatic carbocycles. The molecule has 2 N–H and O–H groups in total. The molecule has 0 aliphatic carbocycles. The highest BCUT2D eigenvalue weighted by Gasteiger charge is 2.17. The largest absolute Gasteiger partial charge is 0.465 e. The molecule has 0 fully saturated rings. The maximum atomic E-state index is 12.2. The molecule has 1 heterocycles. The predicted molar refractivity (Wildman–Crippen MR) is 107 cm³/mol. The van der Waals surface area contributed by atoms with Crippen LogP contribution in [0.2, 0.25) is 5.02 Å². The summed E-state index contributed by atoms with van der Waals surface area (Å²) in [7, 11) is -3.81. The Morgan fingerprint density at radius 1 is 1.29 bits per heavy atom. The molecule has 0 spiro atoms. The summed E-state index contributed by atoms with van der Waals surface area (Å²) < 4.78 is 32.0. The van der Waals surface area contributed by atoms with Gasteiger partial charge in [0.05, 0.1) is 17.4 Å². The predicted octanol–water partition coefficient (Wildman–Crippen LogP) is 2.15. The van der Waals surface area contributed by atoms with Crippen LogP contribution in [0.3, 0.4) is 0 Å². The lowest BCUT2D eigenvalue weighted by atomic mass is 10.4. The lowest BCUT2D eigenvalue weighted by Crippen LogP contribution is -2.28. The second-order valence-corrected chi connectivity index (χ2v) is 9.44. The Kier molecular flexibility index (Phi) is 8.63. The van der Waals surface area contributed by atoms with Gasteiger partial charge in [0.2, 0.25) is 21.1 Å². The van der Waals surface area contributed by atoms with Gasteiger partial charge in [0.1, 0.15) is 4.90 Å². The second-order valence-electron chi connectivity index (χ2n) is 5.09. The van der Waals surface area contributed by atoms with Gasteiger partial charge < -0.3 is 10.1 Å². The van der Waals surface area contributed by atoms with Crippen molar-refractivity contribution < 1.29 is 22.7 Å². The van der Waals surface area contributed by atoms with E-state index in [2.05, 4.69) is 20.2 Å². The van der Waals surface area contributed by atoms with Crippen molar-refractivity contribution >= 4 is 61.7 Å². The van der Waals surface area contributed by atoms with Crippen LogP contribution >= 0.6 is 34.7 Å². The zero-order valence-electron chi connectivity index (χ0n) is 14.7. The number of thioether (sulfide) groups is 1. The number of hydrogen-bond donors (Lipinski definition) is 2. The van der Waals surface area contributed by atoms with E-state index < -0.39 is 15.9 Å². The molecule has 0 atom stereocenters. The Bertz CT molecular complexity index is 935. The van der Waals surface area contributed by atoms with E-state index in [1.54, 1.807) is 19.1 Å². The molecule has 0 saturated heterocycles. The Labute approximate surface area is 175 Å². The number of carbonyl (C=O) groups excluding carboxylic acids is 2. The highest BCUT2D eigenvalue weighted by molar-refractivity contribution is 8.01. The van der Waals surface area contributed by atoms with Crippen LogP contribution in [0, 0.1) is 0 Å². The van der Waals surface area contributed by atoms with Crippen molar-refractivity contribution in [2.75, 3.05) is 24.2 Å². The van der Waals surface area contributed by atoms with Gasteiger partial charge in [0.15, 0.2) is 4.34 Å². The van der Waals surface area contributed by atoms with E-state index >= 15 is 0 Å². The molecule has 0 radical (unpaired) electrons. The van der Waals surface area contributed by atoms with Crippen molar-refractivity contribution in [2.24, 2.45) is 0 Å². The number of ether oxygens (including phenoxy) is 1. The third-order valence-electron chi connectivity index (χ3n) is 3.04. The van der Waals surface area contributed by atoms with E-state index in [9.17, 15) is 18.0 Å². The first-order valence-electron chi connectivity index (χ1n) is 7.97. The van der Waals surface area contributed by atoms with Gasteiger partial charge in [-0.05, 0) is 19.1 Å². The minimum absolute atomic E-state index is 0.0514. The van der Waals surface area contributed by atoms with Crippen LogP contribution in [-0.4, -0.2) is 49.4 Å². The summed E-state index contributed by atoms with van der Waals surface area (Å²) in [4.78, 5) is 23.2. The fraction of sp³-hybridized carbons (Fsp3) is 0.333. The van der Waals surface area contributed by atoms with Gasteiger partial charge in [-0.25, -0.2) is 13.1 Å². The van der Waals surface area contributed by atoms with E-state index in [0.29, 0.717) is 10.9 Å². The van der Waals surface area contributed by atoms with E-state index in [1.165, 1.54) is 12.1 Å². The van der Waals surface area contributed by atoms with Crippen LogP contribution in [0.15, 0.2) is 33.5 Å². The van der Waals surface area contributed by atoms with Crippen LogP contribution in [0.5, 0.6) is 0 Å². The van der Waals surface area contributed by atoms with Gasteiger partial charge in [0.25, 0.3) is 0 Å². The first-order valence-corrected chi connectivity index (χ1v) is 11.6. The number of amides is 1. The van der Waals surface area contributed by atoms with Gasteiger partial charge >= 0.3 is 5.97 Å². The maximum Gasteiger partial charge on any atom is 0.316 e. The second kappa shape index (κ2) is 10.7. The molecule has 0 unspecified atom stereocenters. The zero-order chi connectivity index (χ0) is 20.6. The highest BCUT2D eigenvalue weighted by Crippen LogP contribution is 2.25. The standard InChI is InChI=1S/C15H17ClN4O5S3/c1-2-25-13(22)9-26-15-20-19-14(27-15)18-12(21)7-8-17-28(23,24)11-6-4-3-5-10(11)16/h3-6,17H,2,7-9H2,1H3,(H,18,19,21). The monoisotopic (exact) mass is 464 g/mol. The molecule has 0 aliphatic rings. The molecule has 2 rings (SSSR count). The molecule has 0 aliphatic heterocycles. The fourth-order valence-electron chi connectivity index (χ4n) is 1.86. The number of rotatable bonds is 10. The quantitative estimate of drug-likeness (QED) is 0.311. The van der Waals surface area contributed by atoms with Crippen molar-refractivity contribution in [3.05, 3.63) is 29.3 Å². The first-order chi connectivity index (χ1) is 13.3. The van der Waals surface area contributed by atoms with Crippen molar-refractivity contribution in [2.45, 2.75) is 22.6 Å². The average Bonchev–Trinajstić information content (AvgIpc) is 3.07. The summed E-state index contributed by atoms with van der Waals surface area (Å²) in [5.41, 5.74) is 0. The summed E-state index contributed by atoms with van der Waals surface area (Å²) in [6.45, 7) is 1.91. The molecule has 28 heavy (non-hydrogen) atoms.